The van der Waals surface area contributed by atoms with Gasteiger partial charge >= 0.3 is 0 Å². The summed E-state index contributed by atoms with van der Waals surface area (Å²) in [5, 5.41) is 2.08. The Bertz CT molecular complexity index is 662. The van der Waals surface area contributed by atoms with Gasteiger partial charge in [0.15, 0.2) is 0 Å². The predicted molar refractivity (Wildman–Crippen MR) is 102 cm³/mol. The molecule has 0 radical (unpaired) electrons. The van der Waals surface area contributed by atoms with Crippen LogP contribution in [-0.2, 0) is 17.8 Å². The fourth-order valence-electron chi connectivity index (χ4n) is 3.32. The number of carbonyl (C=O) groups excluding carboxylic acids is 1. The van der Waals surface area contributed by atoms with Crippen molar-refractivity contribution in [2.24, 2.45) is 0 Å². The average Bonchev–Trinajstić information content (AvgIpc) is 3.14. The molecule has 1 fully saturated rings. The molecule has 1 saturated heterocycles. The van der Waals surface area contributed by atoms with Crippen molar-refractivity contribution >= 4 is 17.2 Å². The van der Waals surface area contributed by atoms with E-state index < -0.39 is 0 Å². The fraction of sp³-hybridized carbons (Fsp3) is 0.450. The molecule has 134 valence electrons. The Balaban J connectivity index is 1.71. The summed E-state index contributed by atoms with van der Waals surface area (Å²) >= 11 is 1.72. The number of carbonyl (C=O) groups is 1. The molecule has 4 nitrogen and oxygen atoms in total. The van der Waals surface area contributed by atoms with Crippen molar-refractivity contribution in [1.82, 2.24) is 9.80 Å². The molecular weight excluding hydrogens is 332 g/mol. The Morgan fingerprint density at radius 1 is 1.24 bits per heavy atom. The summed E-state index contributed by atoms with van der Waals surface area (Å²) in [6.45, 7) is 2.84. The van der Waals surface area contributed by atoms with E-state index in [1.165, 1.54) is 4.88 Å². The lowest BCUT2D eigenvalue weighted by atomic mass is 10.0. The number of thiophene rings is 1. The second-order valence-corrected chi connectivity index (χ2v) is 7.69. The maximum atomic E-state index is 13.1. The summed E-state index contributed by atoms with van der Waals surface area (Å²) in [6, 6.07) is 12.3. The summed E-state index contributed by atoms with van der Waals surface area (Å²) in [5.74, 6) is 1.04. The maximum Gasteiger partial charge on any atom is 0.227 e. The molecule has 3 rings (SSSR count). The topological polar surface area (TPSA) is 32.8 Å². The van der Waals surface area contributed by atoms with Crippen LogP contribution in [0.2, 0.25) is 0 Å². The van der Waals surface area contributed by atoms with Gasteiger partial charge in [-0.2, -0.15) is 0 Å². The molecule has 5 heteroatoms. The van der Waals surface area contributed by atoms with Gasteiger partial charge in [-0.1, -0.05) is 18.2 Å². The smallest absolute Gasteiger partial charge is 0.227 e. The van der Waals surface area contributed by atoms with Gasteiger partial charge in [0.25, 0.3) is 0 Å². The fourth-order valence-corrected chi connectivity index (χ4v) is 4.02. The first-order valence-electron chi connectivity index (χ1n) is 8.79. The number of hydrogen-bond acceptors (Lipinski definition) is 4. The highest BCUT2D eigenvalue weighted by molar-refractivity contribution is 7.09. The lowest BCUT2D eigenvalue weighted by molar-refractivity contribution is -0.134. The van der Waals surface area contributed by atoms with E-state index in [4.69, 9.17) is 4.74 Å². The number of benzene rings is 1. The number of likely N-dealkylation sites (tertiary alicyclic amines) is 1. The third kappa shape index (κ3) is 4.83. The Hall–Kier alpha value is -1.85. The molecular formula is C20H26N2O2S. The van der Waals surface area contributed by atoms with Crippen molar-refractivity contribution in [3.8, 4) is 5.75 Å². The van der Waals surface area contributed by atoms with E-state index in [2.05, 4.69) is 34.4 Å². The molecule has 0 atom stereocenters. The van der Waals surface area contributed by atoms with E-state index in [-0.39, 0.29) is 5.91 Å². The normalized spacial score (nSPS) is 15.9. The first kappa shape index (κ1) is 18.0. The molecule has 1 aliphatic heterocycles. The van der Waals surface area contributed by atoms with Gasteiger partial charge in [-0.05, 0) is 62.1 Å². The van der Waals surface area contributed by atoms with Crippen LogP contribution in [-0.4, -0.2) is 49.0 Å². The summed E-state index contributed by atoms with van der Waals surface area (Å²) in [5.41, 5.74) is 1.04. The first-order chi connectivity index (χ1) is 12.2. The number of ether oxygens (including phenoxy) is 1. The molecule has 0 spiro atoms. The van der Waals surface area contributed by atoms with Gasteiger partial charge in [-0.15, -0.1) is 11.3 Å². The molecule has 1 aromatic heterocycles. The summed E-state index contributed by atoms with van der Waals surface area (Å²) in [4.78, 5) is 18.8. The monoisotopic (exact) mass is 358 g/mol. The van der Waals surface area contributed by atoms with Crippen LogP contribution in [0.5, 0.6) is 5.75 Å². The molecule has 0 saturated carbocycles. The van der Waals surface area contributed by atoms with Crippen LogP contribution in [0.3, 0.4) is 0 Å². The largest absolute Gasteiger partial charge is 0.497 e. The molecule has 0 bridgehead atoms. The van der Waals surface area contributed by atoms with Gasteiger partial charge in [0.1, 0.15) is 5.75 Å². The summed E-state index contributed by atoms with van der Waals surface area (Å²) in [6.07, 6.45) is 2.55. The minimum atomic E-state index is 0.216. The van der Waals surface area contributed by atoms with E-state index >= 15 is 0 Å². The SMILES string of the molecule is COc1ccc(CC(=O)N(Cc2cccs2)C2CCN(C)CC2)cc1. The first-order valence-corrected chi connectivity index (χ1v) is 9.67. The van der Waals surface area contributed by atoms with Gasteiger partial charge < -0.3 is 14.5 Å². The number of methoxy groups -OCH3 is 1. The van der Waals surface area contributed by atoms with Crippen molar-refractivity contribution in [2.75, 3.05) is 27.2 Å². The lowest BCUT2D eigenvalue weighted by Crippen LogP contribution is -2.46. The minimum absolute atomic E-state index is 0.216. The van der Waals surface area contributed by atoms with Gasteiger partial charge in [0.05, 0.1) is 20.1 Å². The molecule has 0 aliphatic carbocycles. The quantitative estimate of drug-likeness (QED) is 0.793. The highest BCUT2D eigenvalue weighted by Crippen LogP contribution is 2.22. The molecule has 25 heavy (non-hydrogen) atoms. The number of piperidine rings is 1. The van der Waals surface area contributed by atoms with Gasteiger partial charge in [-0.25, -0.2) is 0 Å². The average molecular weight is 359 g/mol. The number of amides is 1. The summed E-state index contributed by atoms with van der Waals surface area (Å²) < 4.78 is 5.20. The third-order valence-corrected chi connectivity index (χ3v) is 5.73. The van der Waals surface area contributed by atoms with Crippen LogP contribution in [0.25, 0.3) is 0 Å². The van der Waals surface area contributed by atoms with Crippen LogP contribution >= 0.6 is 11.3 Å². The van der Waals surface area contributed by atoms with Crippen molar-refractivity contribution in [1.29, 1.82) is 0 Å². The maximum absolute atomic E-state index is 13.1. The number of hydrogen-bond donors (Lipinski definition) is 0. The number of rotatable bonds is 6. The van der Waals surface area contributed by atoms with Crippen LogP contribution < -0.4 is 4.74 Å². The molecule has 2 heterocycles. The van der Waals surface area contributed by atoms with Crippen molar-refractivity contribution in [3.63, 3.8) is 0 Å². The Kier molecular flexibility index (Phi) is 6.10. The van der Waals surface area contributed by atoms with Gasteiger partial charge in [-0.3, -0.25) is 4.79 Å². The minimum Gasteiger partial charge on any atom is -0.497 e. The van der Waals surface area contributed by atoms with E-state index in [1.54, 1.807) is 18.4 Å². The van der Waals surface area contributed by atoms with Crippen LogP contribution in [0.4, 0.5) is 0 Å². The molecule has 1 amide bonds. The van der Waals surface area contributed by atoms with Crippen molar-refractivity contribution < 1.29 is 9.53 Å². The molecule has 1 aliphatic rings. The summed E-state index contributed by atoms with van der Waals surface area (Å²) in [7, 11) is 3.81. The Morgan fingerprint density at radius 3 is 2.56 bits per heavy atom. The molecule has 0 N–H and O–H groups in total. The van der Waals surface area contributed by atoms with Crippen LogP contribution in [0.15, 0.2) is 41.8 Å². The van der Waals surface area contributed by atoms with Crippen LogP contribution in [0, 0.1) is 0 Å². The van der Waals surface area contributed by atoms with E-state index in [0.29, 0.717) is 12.5 Å². The lowest BCUT2D eigenvalue weighted by Gasteiger charge is -2.37. The van der Waals surface area contributed by atoms with Crippen molar-refractivity contribution in [2.45, 2.75) is 31.8 Å². The zero-order chi connectivity index (χ0) is 17.6. The van der Waals surface area contributed by atoms with Crippen LogP contribution in [0.1, 0.15) is 23.3 Å². The second-order valence-electron chi connectivity index (χ2n) is 6.66. The van der Waals surface area contributed by atoms with E-state index in [9.17, 15) is 4.79 Å². The number of nitrogens with zero attached hydrogens (tertiary/aromatic N) is 2. The highest BCUT2D eigenvalue weighted by atomic mass is 32.1. The van der Waals surface area contributed by atoms with Gasteiger partial charge in [0.2, 0.25) is 5.91 Å². The molecule has 0 unspecified atom stereocenters. The zero-order valence-electron chi connectivity index (χ0n) is 15.0. The standard InChI is InChI=1S/C20H26N2O2S/c1-21-11-9-17(10-12-21)22(15-19-4-3-13-25-19)20(23)14-16-5-7-18(24-2)8-6-16/h3-8,13,17H,9-12,14-15H2,1-2H3. The van der Waals surface area contributed by atoms with E-state index in [0.717, 1.165) is 43.8 Å². The Morgan fingerprint density at radius 2 is 1.96 bits per heavy atom. The van der Waals surface area contributed by atoms with E-state index in [1.807, 2.05) is 24.3 Å². The van der Waals surface area contributed by atoms with Gasteiger partial charge in [0, 0.05) is 10.9 Å². The highest BCUT2D eigenvalue weighted by Gasteiger charge is 2.27. The zero-order valence-corrected chi connectivity index (χ0v) is 15.8. The van der Waals surface area contributed by atoms with Crippen molar-refractivity contribution in [3.05, 3.63) is 52.2 Å². The predicted octanol–water partition coefficient (Wildman–Crippen LogP) is 3.42. The molecule has 2 aromatic rings. The Labute approximate surface area is 154 Å². The molecule has 1 aromatic carbocycles. The second kappa shape index (κ2) is 8.50. The third-order valence-electron chi connectivity index (χ3n) is 4.87.